The van der Waals surface area contributed by atoms with Gasteiger partial charge in [-0.15, -0.1) is 11.3 Å². The molecule has 4 nitrogen and oxygen atoms in total. The lowest BCUT2D eigenvalue weighted by atomic mass is 10.0. The van der Waals surface area contributed by atoms with E-state index in [1.807, 2.05) is 36.6 Å². The van der Waals surface area contributed by atoms with Gasteiger partial charge in [0.1, 0.15) is 16.9 Å². The number of carbonyl (C=O) groups is 1. The van der Waals surface area contributed by atoms with Gasteiger partial charge >= 0.3 is 0 Å². The van der Waals surface area contributed by atoms with Crippen molar-refractivity contribution in [2.45, 2.75) is 32.4 Å². The largest absolute Gasteiger partial charge is 0.386 e. The molecule has 1 aromatic heterocycles. The maximum Gasteiger partial charge on any atom is 0.226 e. The fraction of sp³-hybridized carbons (Fsp3) is 0.238. The quantitative estimate of drug-likeness (QED) is 0.610. The fourth-order valence-corrected chi connectivity index (χ4v) is 3.98. The second-order valence-electron chi connectivity index (χ2n) is 6.63. The number of aromatic nitrogens is 1. The molecule has 1 heterocycles. The van der Waals surface area contributed by atoms with Crippen LogP contribution in [0.25, 0.3) is 10.6 Å². The van der Waals surface area contributed by atoms with Crippen molar-refractivity contribution < 1.29 is 14.3 Å². The first kappa shape index (κ1) is 20.5. The molecule has 0 aliphatic carbocycles. The van der Waals surface area contributed by atoms with Gasteiger partial charge in [0.25, 0.3) is 0 Å². The first-order valence-corrected chi connectivity index (χ1v) is 10.0. The Morgan fingerprint density at radius 2 is 2.07 bits per heavy atom. The maximum atomic E-state index is 14.0. The van der Waals surface area contributed by atoms with E-state index in [0.717, 1.165) is 16.1 Å². The molecular weight excluding hydrogens is 399 g/mol. The standard InChI is InChI=1S/C21H20ClFN2O2S/c1-12-5-3-6-14(9-12)21-25-15(11-28-21)10-18(26)24-13(2)20(27)19-16(22)7-4-8-17(19)23/h3-9,11,13,20,27H,10H2,1-2H3,(H,24,26)/t13-,20-/m1/s1. The van der Waals surface area contributed by atoms with E-state index in [-0.39, 0.29) is 22.9 Å². The van der Waals surface area contributed by atoms with Crippen LogP contribution in [0.15, 0.2) is 47.8 Å². The third kappa shape index (κ3) is 4.76. The van der Waals surface area contributed by atoms with Crippen LogP contribution in [0.1, 0.15) is 29.8 Å². The van der Waals surface area contributed by atoms with Crippen LogP contribution >= 0.6 is 22.9 Å². The van der Waals surface area contributed by atoms with E-state index in [1.165, 1.54) is 29.5 Å². The molecule has 2 aromatic carbocycles. The van der Waals surface area contributed by atoms with Crippen LogP contribution in [0.2, 0.25) is 5.02 Å². The monoisotopic (exact) mass is 418 g/mol. The Labute approximate surface area is 172 Å². The summed E-state index contributed by atoms with van der Waals surface area (Å²) < 4.78 is 14.0. The number of nitrogens with one attached hydrogen (secondary N) is 1. The number of aliphatic hydroxyl groups excluding tert-OH is 1. The summed E-state index contributed by atoms with van der Waals surface area (Å²) in [7, 11) is 0. The van der Waals surface area contributed by atoms with Gasteiger partial charge in [-0.1, -0.05) is 41.4 Å². The molecule has 0 unspecified atom stereocenters. The van der Waals surface area contributed by atoms with Crippen LogP contribution in [0.4, 0.5) is 4.39 Å². The van der Waals surface area contributed by atoms with E-state index in [2.05, 4.69) is 10.3 Å². The van der Waals surface area contributed by atoms with Crippen LogP contribution in [-0.4, -0.2) is 22.0 Å². The van der Waals surface area contributed by atoms with E-state index >= 15 is 0 Å². The van der Waals surface area contributed by atoms with Gasteiger partial charge in [-0.3, -0.25) is 4.79 Å². The summed E-state index contributed by atoms with van der Waals surface area (Å²) in [6.07, 6.45) is -1.18. The van der Waals surface area contributed by atoms with Gasteiger partial charge in [0.05, 0.1) is 18.2 Å². The van der Waals surface area contributed by atoms with E-state index in [0.29, 0.717) is 5.69 Å². The first-order valence-electron chi connectivity index (χ1n) is 8.78. The Morgan fingerprint density at radius 3 is 2.79 bits per heavy atom. The Balaban J connectivity index is 1.64. The molecule has 2 atom stereocenters. The highest BCUT2D eigenvalue weighted by Crippen LogP contribution is 2.28. The van der Waals surface area contributed by atoms with Gasteiger partial charge in [0.2, 0.25) is 5.91 Å². The molecule has 1 amide bonds. The van der Waals surface area contributed by atoms with Crippen LogP contribution in [0.5, 0.6) is 0 Å². The summed E-state index contributed by atoms with van der Waals surface area (Å²) in [5, 5.41) is 15.9. The molecule has 3 rings (SSSR count). The number of benzene rings is 2. The minimum atomic E-state index is -1.25. The van der Waals surface area contributed by atoms with Crippen LogP contribution in [0.3, 0.4) is 0 Å². The first-order chi connectivity index (χ1) is 13.3. The van der Waals surface area contributed by atoms with Crippen LogP contribution in [0, 0.1) is 12.7 Å². The van der Waals surface area contributed by atoms with Crippen LogP contribution in [-0.2, 0) is 11.2 Å². The molecule has 0 aliphatic heterocycles. The molecule has 0 spiro atoms. The minimum absolute atomic E-state index is 0.0210. The molecular formula is C21H20ClFN2O2S. The summed E-state index contributed by atoms with van der Waals surface area (Å²) in [6, 6.07) is 11.5. The van der Waals surface area contributed by atoms with Crippen molar-refractivity contribution in [1.29, 1.82) is 0 Å². The molecule has 2 N–H and O–H groups in total. The average Bonchev–Trinajstić information content (AvgIpc) is 3.09. The van der Waals surface area contributed by atoms with Gasteiger partial charge in [-0.2, -0.15) is 0 Å². The van der Waals surface area contributed by atoms with Crippen molar-refractivity contribution in [3.8, 4) is 10.6 Å². The predicted molar refractivity (Wildman–Crippen MR) is 110 cm³/mol. The molecule has 0 aliphatic rings. The van der Waals surface area contributed by atoms with Crippen molar-refractivity contribution >= 4 is 28.8 Å². The lowest BCUT2D eigenvalue weighted by molar-refractivity contribution is -0.121. The van der Waals surface area contributed by atoms with Gasteiger partial charge in [0, 0.05) is 21.5 Å². The normalized spacial score (nSPS) is 13.2. The summed E-state index contributed by atoms with van der Waals surface area (Å²) in [5.74, 6) is -0.913. The Kier molecular flexibility index (Phi) is 6.44. The minimum Gasteiger partial charge on any atom is -0.386 e. The second kappa shape index (κ2) is 8.82. The number of aliphatic hydroxyl groups is 1. The van der Waals surface area contributed by atoms with Crippen molar-refractivity contribution in [1.82, 2.24) is 10.3 Å². The van der Waals surface area contributed by atoms with Gasteiger partial charge in [-0.25, -0.2) is 9.37 Å². The second-order valence-corrected chi connectivity index (χ2v) is 7.89. The number of thiazole rings is 1. The molecule has 0 bridgehead atoms. The summed E-state index contributed by atoms with van der Waals surface area (Å²) in [6.45, 7) is 3.62. The molecule has 3 aromatic rings. The highest BCUT2D eigenvalue weighted by atomic mass is 35.5. The van der Waals surface area contributed by atoms with Crippen molar-refractivity contribution in [2.75, 3.05) is 0 Å². The van der Waals surface area contributed by atoms with E-state index in [9.17, 15) is 14.3 Å². The molecule has 0 saturated carbocycles. The third-order valence-corrected chi connectivity index (χ3v) is 5.59. The summed E-state index contributed by atoms with van der Waals surface area (Å²) in [5.41, 5.74) is 2.77. The molecule has 7 heteroatoms. The Bertz CT molecular complexity index is 972. The number of halogens is 2. The zero-order valence-corrected chi connectivity index (χ0v) is 17.0. The highest BCUT2D eigenvalue weighted by molar-refractivity contribution is 7.13. The fourth-order valence-electron chi connectivity index (χ4n) is 2.89. The van der Waals surface area contributed by atoms with Crippen molar-refractivity contribution in [2.24, 2.45) is 0 Å². The molecule has 0 radical (unpaired) electrons. The molecule has 0 fully saturated rings. The Hall–Kier alpha value is -2.28. The topological polar surface area (TPSA) is 62.2 Å². The summed E-state index contributed by atoms with van der Waals surface area (Å²) >= 11 is 7.46. The molecule has 0 saturated heterocycles. The number of nitrogens with zero attached hydrogens (tertiary/aromatic N) is 1. The van der Waals surface area contributed by atoms with E-state index in [4.69, 9.17) is 11.6 Å². The highest BCUT2D eigenvalue weighted by Gasteiger charge is 2.24. The summed E-state index contributed by atoms with van der Waals surface area (Å²) in [4.78, 5) is 16.9. The predicted octanol–water partition coefficient (Wildman–Crippen LogP) is 4.69. The van der Waals surface area contributed by atoms with Gasteiger partial charge in [0.15, 0.2) is 0 Å². The number of amides is 1. The third-order valence-electron chi connectivity index (χ3n) is 4.32. The number of carbonyl (C=O) groups excluding carboxylic acids is 1. The smallest absolute Gasteiger partial charge is 0.226 e. The van der Waals surface area contributed by atoms with E-state index in [1.54, 1.807) is 6.92 Å². The molecule has 28 heavy (non-hydrogen) atoms. The van der Waals surface area contributed by atoms with Gasteiger partial charge in [-0.05, 0) is 32.0 Å². The Morgan fingerprint density at radius 1 is 1.32 bits per heavy atom. The molecule has 146 valence electrons. The lowest BCUT2D eigenvalue weighted by Crippen LogP contribution is -2.38. The number of aryl methyl sites for hydroxylation is 1. The van der Waals surface area contributed by atoms with Gasteiger partial charge < -0.3 is 10.4 Å². The average molecular weight is 419 g/mol. The van der Waals surface area contributed by atoms with Crippen molar-refractivity contribution in [3.05, 3.63) is 75.5 Å². The SMILES string of the molecule is Cc1cccc(-c2nc(CC(=O)N[C@H](C)[C@@H](O)c3c(F)cccc3Cl)cs2)c1. The number of hydrogen-bond donors (Lipinski definition) is 2. The number of rotatable bonds is 6. The van der Waals surface area contributed by atoms with Crippen LogP contribution < -0.4 is 5.32 Å². The number of hydrogen-bond acceptors (Lipinski definition) is 4. The lowest BCUT2D eigenvalue weighted by Gasteiger charge is -2.21. The maximum absolute atomic E-state index is 14.0. The van der Waals surface area contributed by atoms with E-state index < -0.39 is 18.0 Å². The zero-order chi connectivity index (χ0) is 20.3. The zero-order valence-electron chi connectivity index (χ0n) is 15.4. The van der Waals surface area contributed by atoms with Crippen molar-refractivity contribution in [3.63, 3.8) is 0 Å².